The third-order valence-electron chi connectivity index (χ3n) is 6.30. The Bertz CT molecular complexity index is 1120. The van der Waals surface area contributed by atoms with Gasteiger partial charge in [0.15, 0.2) is 0 Å². The summed E-state index contributed by atoms with van der Waals surface area (Å²) in [5.41, 5.74) is 1.77. The first-order valence-electron chi connectivity index (χ1n) is 12.3. The SMILES string of the molecule is O=C(O)C(F)(F)F.O=S(=O)(Cc1ccccc1)NC[C@H]1CC[C@@]2(COCCN(CCc3ccccc3)C2)O1. The molecule has 2 aliphatic rings. The average Bonchev–Trinajstić information content (AvgIpc) is 3.16. The summed E-state index contributed by atoms with van der Waals surface area (Å²) in [6.07, 6.45) is -2.48. The molecule has 0 aromatic heterocycles. The smallest absolute Gasteiger partial charge is 0.475 e. The molecule has 0 radical (unpaired) electrons. The third-order valence-corrected chi connectivity index (χ3v) is 7.62. The van der Waals surface area contributed by atoms with Crippen molar-refractivity contribution in [2.45, 2.75) is 42.9 Å². The molecular formula is C26H33F3N2O6S. The number of benzene rings is 2. The Labute approximate surface area is 220 Å². The highest BCUT2D eigenvalue weighted by Gasteiger charge is 2.43. The maximum Gasteiger partial charge on any atom is 0.490 e. The second-order valence-electron chi connectivity index (χ2n) is 9.42. The molecule has 38 heavy (non-hydrogen) atoms. The Balaban J connectivity index is 0.000000505. The van der Waals surface area contributed by atoms with Crippen LogP contribution in [-0.2, 0) is 36.5 Å². The molecule has 2 fully saturated rings. The van der Waals surface area contributed by atoms with Crippen molar-refractivity contribution >= 4 is 16.0 Å². The monoisotopic (exact) mass is 558 g/mol. The van der Waals surface area contributed by atoms with Gasteiger partial charge in [-0.05, 0) is 30.4 Å². The standard InChI is InChI=1S/C24H32N2O4S.C2HF3O2/c27-31(28,18-22-9-5-2-6-10-22)25-17-23-11-13-24(30-23)19-26(15-16-29-20-24)14-12-21-7-3-1-4-8-21;3-2(4,5)1(6)7/h1-10,23,25H,11-20H2;(H,6,7)/t23-,24-;/m1./s1. The number of alkyl halides is 3. The maximum atomic E-state index is 12.5. The van der Waals surface area contributed by atoms with E-state index in [0.29, 0.717) is 19.8 Å². The molecule has 210 valence electrons. The van der Waals surface area contributed by atoms with Crippen LogP contribution in [0.15, 0.2) is 60.7 Å². The number of carbonyl (C=O) groups is 1. The van der Waals surface area contributed by atoms with Crippen molar-refractivity contribution in [3.05, 3.63) is 71.8 Å². The van der Waals surface area contributed by atoms with Crippen LogP contribution < -0.4 is 4.72 Å². The normalized spacial score (nSPS) is 22.4. The van der Waals surface area contributed by atoms with Crippen LogP contribution in [0, 0.1) is 0 Å². The van der Waals surface area contributed by atoms with Gasteiger partial charge in [-0.2, -0.15) is 13.2 Å². The van der Waals surface area contributed by atoms with Crippen LogP contribution in [-0.4, -0.2) is 81.7 Å². The van der Waals surface area contributed by atoms with Crippen LogP contribution in [0.5, 0.6) is 0 Å². The van der Waals surface area contributed by atoms with Gasteiger partial charge in [0.25, 0.3) is 0 Å². The fourth-order valence-corrected chi connectivity index (χ4v) is 5.61. The highest BCUT2D eigenvalue weighted by Crippen LogP contribution is 2.33. The highest BCUT2D eigenvalue weighted by molar-refractivity contribution is 7.88. The van der Waals surface area contributed by atoms with Gasteiger partial charge in [-0.1, -0.05) is 60.7 Å². The summed E-state index contributed by atoms with van der Waals surface area (Å²) in [4.78, 5) is 11.3. The number of hydrogen-bond acceptors (Lipinski definition) is 6. The molecule has 0 unspecified atom stereocenters. The molecule has 2 atom stereocenters. The van der Waals surface area contributed by atoms with E-state index in [0.717, 1.165) is 44.5 Å². The van der Waals surface area contributed by atoms with Gasteiger partial charge < -0.3 is 14.6 Å². The number of aliphatic carboxylic acids is 1. The van der Waals surface area contributed by atoms with E-state index in [-0.39, 0.29) is 17.5 Å². The second kappa shape index (κ2) is 13.5. The predicted molar refractivity (Wildman–Crippen MR) is 135 cm³/mol. The van der Waals surface area contributed by atoms with E-state index in [9.17, 15) is 21.6 Å². The summed E-state index contributed by atoms with van der Waals surface area (Å²) in [6.45, 7) is 4.27. The number of sulfonamides is 1. The van der Waals surface area contributed by atoms with E-state index < -0.39 is 22.2 Å². The lowest BCUT2D eigenvalue weighted by Gasteiger charge is -2.32. The Hall–Kier alpha value is -2.51. The minimum absolute atomic E-state index is 0.0118. The van der Waals surface area contributed by atoms with E-state index in [1.807, 2.05) is 36.4 Å². The van der Waals surface area contributed by atoms with Crippen LogP contribution in [0.4, 0.5) is 13.2 Å². The van der Waals surface area contributed by atoms with Crippen molar-refractivity contribution in [3.8, 4) is 0 Å². The first-order chi connectivity index (χ1) is 18.0. The molecule has 1 spiro atoms. The van der Waals surface area contributed by atoms with Crippen molar-refractivity contribution < 1.29 is 41.0 Å². The van der Waals surface area contributed by atoms with Gasteiger partial charge in [-0.3, -0.25) is 4.90 Å². The fraction of sp³-hybridized carbons (Fsp3) is 0.500. The van der Waals surface area contributed by atoms with Crippen LogP contribution >= 0.6 is 0 Å². The van der Waals surface area contributed by atoms with Crippen LogP contribution in [0.25, 0.3) is 0 Å². The third kappa shape index (κ3) is 9.99. The van der Waals surface area contributed by atoms with E-state index in [1.54, 1.807) is 0 Å². The summed E-state index contributed by atoms with van der Waals surface area (Å²) < 4.78 is 71.7. The second-order valence-corrected chi connectivity index (χ2v) is 11.2. The zero-order valence-corrected chi connectivity index (χ0v) is 21.7. The lowest BCUT2D eigenvalue weighted by atomic mass is 10.00. The van der Waals surface area contributed by atoms with Crippen molar-refractivity contribution in [3.63, 3.8) is 0 Å². The molecule has 0 amide bonds. The number of carboxylic acids is 1. The van der Waals surface area contributed by atoms with Gasteiger partial charge in [-0.15, -0.1) is 0 Å². The number of nitrogens with zero attached hydrogens (tertiary/aromatic N) is 1. The molecule has 2 aromatic rings. The molecule has 0 aliphatic carbocycles. The first kappa shape index (κ1) is 30.0. The van der Waals surface area contributed by atoms with Gasteiger partial charge >= 0.3 is 12.1 Å². The van der Waals surface area contributed by atoms with Crippen molar-refractivity contribution in [1.82, 2.24) is 9.62 Å². The molecule has 0 saturated carbocycles. The molecular weight excluding hydrogens is 525 g/mol. The molecule has 4 rings (SSSR count). The molecule has 12 heteroatoms. The molecule has 2 heterocycles. The highest BCUT2D eigenvalue weighted by atomic mass is 32.2. The van der Waals surface area contributed by atoms with Crippen LogP contribution in [0.2, 0.25) is 0 Å². The number of ether oxygens (including phenoxy) is 2. The molecule has 2 aliphatic heterocycles. The van der Waals surface area contributed by atoms with Gasteiger partial charge in [0, 0.05) is 26.2 Å². The number of hydrogen-bond donors (Lipinski definition) is 2. The summed E-state index contributed by atoms with van der Waals surface area (Å²) in [5, 5.41) is 7.12. The molecule has 2 N–H and O–H groups in total. The van der Waals surface area contributed by atoms with Gasteiger partial charge in [0.2, 0.25) is 10.0 Å². The predicted octanol–water partition coefficient (Wildman–Crippen LogP) is 3.23. The van der Waals surface area contributed by atoms with Crippen molar-refractivity contribution in [2.24, 2.45) is 0 Å². The average molecular weight is 559 g/mol. The van der Waals surface area contributed by atoms with Gasteiger partial charge in [0.05, 0.1) is 25.1 Å². The Morgan fingerprint density at radius 1 is 1.08 bits per heavy atom. The summed E-state index contributed by atoms with van der Waals surface area (Å²) >= 11 is 0. The Kier molecular flexibility index (Phi) is 10.7. The number of carboxylic acid groups (broad SMARTS) is 1. The van der Waals surface area contributed by atoms with Crippen LogP contribution in [0.3, 0.4) is 0 Å². The van der Waals surface area contributed by atoms with Crippen molar-refractivity contribution in [2.75, 3.05) is 39.4 Å². The fourth-order valence-electron chi connectivity index (χ4n) is 4.43. The molecule has 2 saturated heterocycles. The number of nitrogens with one attached hydrogen (secondary N) is 1. The zero-order valence-electron chi connectivity index (χ0n) is 20.9. The van der Waals surface area contributed by atoms with Gasteiger partial charge in [0.1, 0.15) is 5.60 Å². The van der Waals surface area contributed by atoms with E-state index in [4.69, 9.17) is 19.4 Å². The molecule has 2 aromatic carbocycles. The van der Waals surface area contributed by atoms with E-state index in [2.05, 4.69) is 33.9 Å². The number of halogens is 3. The number of rotatable bonds is 8. The first-order valence-corrected chi connectivity index (χ1v) is 13.9. The van der Waals surface area contributed by atoms with E-state index in [1.165, 1.54) is 5.56 Å². The summed E-state index contributed by atoms with van der Waals surface area (Å²) in [7, 11) is -3.39. The minimum atomic E-state index is -5.08. The lowest BCUT2D eigenvalue weighted by molar-refractivity contribution is -0.192. The van der Waals surface area contributed by atoms with Gasteiger partial charge in [-0.25, -0.2) is 17.9 Å². The quantitative estimate of drug-likeness (QED) is 0.513. The Morgan fingerprint density at radius 2 is 1.68 bits per heavy atom. The topological polar surface area (TPSA) is 105 Å². The minimum Gasteiger partial charge on any atom is -0.475 e. The van der Waals surface area contributed by atoms with Crippen LogP contribution in [0.1, 0.15) is 24.0 Å². The summed E-state index contributed by atoms with van der Waals surface area (Å²) in [5.74, 6) is -2.77. The largest absolute Gasteiger partial charge is 0.490 e. The molecule has 0 bridgehead atoms. The zero-order chi connectivity index (χ0) is 27.7. The molecule has 8 nitrogen and oxygen atoms in total. The summed E-state index contributed by atoms with van der Waals surface area (Å²) in [6, 6.07) is 19.8. The maximum absolute atomic E-state index is 12.5. The van der Waals surface area contributed by atoms with E-state index >= 15 is 0 Å². The van der Waals surface area contributed by atoms with Crippen molar-refractivity contribution in [1.29, 1.82) is 0 Å². The Morgan fingerprint density at radius 3 is 2.29 bits per heavy atom. The lowest BCUT2D eigenvalue weighted by Crippen LogP contribution is -2.46.